The molecule has 10 nitrogen and oxygen atoms in total. The second-order valence-corrected chi connectivity index (χ2v) is 9.40. The van der Waals surface area contributed by atoms with Crippen molar-refractivity contribution < 1.29 is 13.2 Å². The van der Waals surface area contributed by atoms with Gasteiger partial charge in [0.05, 0.1) is 11.4 Å². The van der Waals surface area contributed by atoms with Crippen LogP contribution in [0, 0.1) is 6.92 Å². The molecule has 0 spiro atoms. The molecular formula is C23H26N6O4S. The topological polar surface area (TPSA) is 162 Å². The Hall–Kier alpha value is -4.12. The van der Waals surface area contributed by atoms with E-state index in [1.165, 1.54) is 18.3 Å². The van der Waals surface area contributed by atoms with Gasteiger partial charge in [0.2, 0.25) is 15.9 Å². The lowest BCUT2D eigenvalue weighted by atomic mass is 10.2. The number of carbonyl (C=O) groups excluding carboxylic acids is 1. The predicted molar refractivity (Wildman–Crippen MR) is 132 cm³/mol. The van der Waals surface area contributed by atoms with E-state index in [0.717, 1.165) is 15.7 Å². The summed E-state index contributed by atoms with van der Waals surface area (Å²) in [4.78, 5) is 29.0. The molecule has 0 aliphatic heterocycles. The van der Waals surface area contributed by atoms with Crippen molar-refractivity contribution in [3.63, 3.8) is 0 Å². The van der Waals surface area contributed by atoms with Crippen molar-refractivity contribution in [1.29, 1.82) is 0 Å². The molecule has 1 aromatic heterocycles. The highest BCUT2D eigenvalue weighted by molar-refractivity contribution is 7.91. The van der Waals surface area contributed by atoms with Gasteiger partial charge in [-0.15, -0.1) is 0 Å². The van der Waals surface area contributed by atoms with E-state index < -0.39 is 21.5 Å². The molecule has 0 aliphatic carbocycles. The second-order valence-electron chi connectivity index (χ2n) is 7.68. The number of guanidine groups is 1. The normalized spacial score (nSPS) is 11.0. The molecule has 2 aromatic carbocycles. The highest BCUT2D eigenvalue weighted by atomic mass is 32.2. The van der Waals surface area contributed by atoms with Gasteiger partial charge in [-0.2, -0.15) is 0 Å². The summed E-state index contributed by atoms with van der Waals surface area (Å²) in [6.07, 6.45) is 1.42. The third-order valence-corrected chi connectivity index (χ3v) is 6.01. The SMILES string of the molecule is Cc1ccc(CS(=O)(=O)Nc2cccn(CC(=O)NCc3ccc(N=C(N)N)cc3)c2=O)cc1. The Bertz CT molecular complexity index is 1340. The summed E-state index contributed by atoms with van der Waals surface area (Å²) in [5.41, 5.74) is 12.9. The van der Waals surface area contributed by atoms with E-state index in [1.54, 1.807) is 36.4 Å². The van der Waals surface area contributed by atoms with Crippen molar-refractivity contribution >= 4 is 33.3 Å². The van der Waals surface area contributed by atoms with Crippen LogP contribution < -0.4 is 27.1 Å². The van der Waals surface area contributed by atoms with Crippen molar-refractivity contribution in [2.75, 3.05) is 4.72 Å². The molecule has 0 aliphatic rings. The van der Waals surface area contributed by atoms with Crippen molar-refractivity contribution in [1.82, 2.24) is 9.88 Å². The van der Waals surface area contributed by atoms with E-state index in [1.807, 2.05) is 19.1 Å². The van der Waals surface area contributed by atoms with Crippen LogP contribution >= 0.6 is 0 Å². The Labute approximate surface area is 197 Å². The Morgan fingerprint density at radius 3 is 2.29 bits per heavy atom. The molecule has 1 amide bonds. The molecule has 0 saturated carbocycles. The van der Waals surface area contributed by atoms with E-state index in [9.17, 15) is 18.0 Å². The predicted octanol–water partition coefficient (Wildman–Crippen LogP) is 1.32. The Kier molecular flexibility index (Phi) is 7.69. The molecule has 0 bridgehead atoms. The Morgan fingerprint density at radius 1 is 1.00 bits per heavy atom. The summed E-state index contributed by atoms with van der Waals surface area (Å²) in [7, 11) is -3.81. The number of rotatable bonds is 9. The third kappa shape index (κ3) is 7.20. The first-order valence-corrected chi connectivity index (χ1v) is 12.0. The minimum atomic E-state index is -3.81. The van der Waals surface area contributed by atoms with Gasteiger partial charge >= 0.3 is 0 Å². The maximum Gasteiger partial charge on any atom is 0.275 e. The van der Waals surface area contributed by atoms with Gasteiger partial charge in [-0.25, -0.2) is 13.4 Å². The highest BCUT2D eigenvalue weighted by Crippen LogP contribution is 2.13. The smallest absolute Gasteiger partial charge is 0.275 e. The molecule has 1 heterocycles. The molecule has 34 heavy (non-hydrogen) atoms. The summed E-state index contributed by atoms with van der Waals surface area (Å²) in [6.45, 7) is 1.88. The van der Waals surface area contributed by atoms with Crippen LogP contribution in [0.5, 0.6) is 0 Å². The number of aliphatic imine (C=N–C) groups is 1. The largest absolute Gasteiger partial charge is 0.370 e. The number of amides is 1. The lowest BCUT2D eigenvalue weighted by molar-refractivity contribution is -0.121. The van der Waals surface area contributed by atoms with Crippen LogP contribution in [0.1, 0.15) is 16.7 Å². The number of aromatic nitrogens is 1. The van der Waals surface area contributed by atoms with E-state index in [4.69, 9.17) is 11.5 Å². The van der Waals surface area contributed by atoms with Crippen LogP contribution in [-0.2, 0) is 33.7 Å². The van der Waals surface area contributed by atoms with Gasteiger partial charge in [0, 0.05) is 12.7 Å². The molecule has 11 heteroatoms. The zero-order chi connectivity index (χ0) is 24.7. The van der Waals surface area contributed by atoms with Crippen LogP contribution in [0.25, 0.3) is 0 Å². The van der Waals surface area contributed by atoms with Crippen LogP contribution in [0.4, 0.5) is 11.4 Å². The first kappa shape index (κ1) is 24.5. The fourth-order valence-electron chi connectivity index (χ4n) is 3.10. The average molecular weight is 483 g/mol. The number of sulfonamides is 1. The zero-order valence-corrected chi connectivity index (χ0v) is 19.4. The number of hydrogen-bond donors (Lipinski definition) is 4. The zero-order valence-electron chi connectivity index (χ0n) is 18.6. The number of anilines is 1. The molecule has 0 unspecified atom stereocenters. The fraction of sp³-hybridized carbons (Fsp3) is 0.174. The summed E-state index contributed by atoms with van der Waals surface area (Å²) >= 11 is 0. The maximum atomic E-state index is 12.7. The number of benzene rings is 2. The van der Waals surface area contributed by atoms with Crippen molar-refractivity contribution in [2.24, 2.45) is 16.5 Å². The number of hydrogen-bond acceptors (Lipinski definition) is 5. The summed E-state index contributed by atoms with van der Waals surface area (Å²) in [6, 6.07) is 16.9. The van der Waals surface area contributed by atoms with Crippen molar-refractivity contribution in [3.8, 4) is 0 Å². The maximum absolute atomic E-state index is 12.7. The van der Waals surface area contributed by atoms with Gasteiger partial charge < -0.3 is 21.4 Å². The first-order valence-electron chi connectivity index (χ1n) is 10.3. The molecule has 0 radical (unpaired) electrons. The fourth-order valence-corrected chi connectivity index (χ4v) is 4.29. The lowest BCUT2D eigenvalue weighted by Crippen LogP contribution is -2.33. The summed E-state index contributed by atoms with van der Waals surface area (Å²) in [5.74, 6) is -0.731. The molecule has 3 aromatic rings. The number of carbonyl (C=O) groups is 1. The standard InChI is InChI=1S/C23H26N6O4S/c1-16-4-6-18(7-5-16)15-34(32,33)28-20-3-2-12-29(22(20)31)14-21(30)26-13-17-8-10-19(11-9-17)27-23(24)25/h2-12,28H,13-15H2,1H3,(H,26,30)(H4,24,25,27). The van der Waals surface area contributed by atoms with Crippen LogP contribution in [0.15, 0.2) is 76.6 Å². The Balaban J connectivity index is 1.61. The molecule has 0 atom stereocenters. The van der Waals surface area contributed by atoms with E-state index in [2.05, 4.69) is 15.0 Å². The van der Waals surface area contributed by atoms with Crippen molar-refractivity contribution in [3.05, 3.63) is 93.9 Å². The van der Waals surface area contributed by atoms with Gasteiger partial charge in [0.1, 0.15) is 12.2 Å². The Morgan fingerprint density at radius 2 is 1.65 bits per heavy atom. The molecule has 0 saturated heterocycles. The quantitative estimate of drug-likeness (QED) is 0.266. The monoisotopic (exact) mass is 482 g/mol. The van der Waals surface area contributed by atoms with Gasteiger partial charge in [-0.3, -0.25) is 14.3 Å². The van der Waals surface area contributed by atoms with E-state index in [-0.39, 0.29) is 30.5 Å². The van der Waals surface area contributed by atoms with Crippen molar-refractivity contribution in [2.45, 2.75) is 25.8 Å². The van der Waals surface area contributed by atoms with Crippen LogP contribution in [0.3, 0.4) is 0 Å². The van der Waals surface area contributed by atoms with Gasteiger partial charge in [0.15, 0.2) is 5.96 Å². The first-order chi connectivity index (χ1) is 16.1. The minimum Gasteiger partial charge on any atom is -0.370 e. The molecular weight excluding hydrogens is 456 g/mol. The van der Waals surface area contributed by atoms with Gasteiger partial charge in [-0.05, 0) is 42.3 Å². The lowest BCUT2D eigenvalue weighted by Gasteiger charge is -2.11. The highest BCUT2D eigenvalue weighted by Gasteiger charge is 2.15. The van der Waals surface area contributed by atoms with Gasteiger partial charge in [-0.1, -0.05) is 42.0 Å². The van der Waals surface area contributed by atoms with E-state index >= 15 is 0 Å². The average Bonchev–Trinajstić information content (AvgIpc) is 2.77. The number of nitrogens with one attached hydrogen (secondary N) is 2. The number of nitrogens with zero attached hydrogens (tertiary/aromatic N) is 2. The van der Waals surface area contributed by atoms with Crippen LogP contribution in [-0.4, -0.2) is 24.9 Å². The molecule has 0 fully saturated rings. The molecule has 3 rings (SSSR count). The second kappa shape index (κ2) is 10.7. The minimum absolute atomic E-state index is 0.0498. The number of pyridine rings is 1. The van der Waals surface area contributed by atoms with Crippen LogP contribution in [0.2, 0.25) is 0 Å². The number of nitrogens with two attached hydrogens (primary N) is 2. The summed E-state index contributed by atoms with van der Waals surface area (Å²) in [5, 5.41) is 2.72. The third-order valence-electron chi connectivity index (χ3n) is 4.76. The molecule has 6 N–H and O–H groups in total. The molecule has 178 valence electrons. The summed E-state index contributed by atoms with van der Waals surface area (Å²) < 4.78 is 28.5. The number of aryl methyl sites for hydroxylation is 1. The van der Waals surface area contributed by atoms with Gasteiger partial charge in [0.25, 0.3) is 5.56 Å². The van der Waals surface area contributed by atoms with E-state index in [0.29, 0.717) is 11.3 Å².